The number of carbonyl (C=O) groups is 1. The van der Waals surface area contributed by atoms with E-state index in [1.54, 1.807) is 0 Å². The molecule has 0 heterocycles. The van der Waals surface area contributed by atoms with Crippen molar-refractivity contribution in [2.75, 3.05) is 7.05 Å². The summed E-state index contributed by atoms with van der Waals surface area (Å²) in [6, 6.07) is 7.91. The molecule has 0 aliphatic heterocycles. The van der Waals surface area contributed by atoms with E-state index in [1.807, 2.05) is 36.2 Å². The number of hydrogen-bond acceptors (Lipinski definition) is 1. The zero-order valence-electron chi connectivity index (χ0n) is 10.4. The molecular weight excluding hydrogens is 358 g/mol. The SMILES string of the molecule is CN(C(=O)c1ccccc1Br)C1CCCCC1Br. The number of nitrogens with zero attached hydrogens (tertiary/aromatic N) is 1. The Balaban J connectivity index is 2.16. The van der Waals surface area contributed by atoms with E-state index in [2.05, 4.69) is 31.9 Å². The average Bonchev–Trinajstić information content (AvgIpc) is 2.38. The molecule has 98 valence electrons. The van der Waals surface area contributed by atoms with Crippen LogP contribution < -0.4 is 0 Å². The molecule has 0 saturated heterocycles. The Hall–Kier alpha value is -0.350. The minimum Gasteiger partial charge on any atom is -0.338 e. The number of hydrogen-bond donors (Lipinski definition) is 0. The van der Waals surface area contributed by atoms with E-state index in [4.69, 9.17) is 0 Å². The van der Waals surface area contributed by atoms with Gasteiger partial charge in [-0.2, -0.15) is 0 Å². The van der Waals surface area contributed by atoms with Gasteiger partial charge in [-0.3, -0.25) is 4.79 Å². The molecule has 1 saturated carbocycles. The maximum atomic E-state index is 12.5. The second kappa shape index (κ2) is 6.20. The minimum absolute atomic E-state index is 0.0961. The van der Waals surface area contributed by atoms with Crippen molar-refractivity contribution in [3.63, 3.8) is 0 Å². The van der Waals surface area contributed by atoms with Gasteiger partial charge in [0, 0.05) is 22.4 Å². The van der Waals surface area contributed by atoms with Crippen molar-refractivity contribution in [3.05, 3.63) is 34.3 Å². The van der Waals surface area contributed by atoms with Gasteiger partial charge in [0.2, 0.25) is 0 Å². The van der Waals surface area contributed by atoms with Crippen LogP contribution in [0.2, 0.25) is 0 Å². The number of halogens is 2. The normalized spacial score (nSPS) is 23.7. The number of carbonyl (C=O) groups excluding carboxylic acids is 1. The Morgan fingerprint density at radius 2 is 1.94 bits per heavy atom. The molecule has 1 aromatic rings. The van der Waals surface area contributed by atoms with Crippen LogP contribution in [0.4, 0.5) is 0 Å². The fraction of sp³-hybridized carbons (Fsp3) is 0.500. The summed E-state index contributed by atoms with van der Waals surface area (Å²) in [5.74, 6) is 0.0961. The topological polar surface area (TPSA) is 20.3 Å². The average molecular weight is 375 g/mol. The molecule has 1 aliphatic carbocycles. The minimum atomic E-state index is 0.0961. The molecule has 1 aromatic carbocycles. The van der Waals surface area contributed by atoms with E-state index >= 15 is 0 Å². The molecule has 0 aromatic heterocycles. The molecule has 1 fully saturated rings. The van der Waals surface area contributed by atoms with Crippen molar-refractivity contribution in [2.24, 2.45) is 0 Å². The Bertz CT molecular complexity index is 436. The van der Waals surface area contributed by atoms with Gasteiger partial charge in [-0.1, -0.05) is 40.9 Å². The predicted octanol–water partition coefficient (Wildman–Crippen LogP) is 4.23. The molecule has 1 aliphatic rings. The van der Waals surface area contributed by atoms with Crippen molar-refractivity contribution in [2.45, 2.75) is 36.6 Å². The largest absolute Gasteiger partial charge is 0.338 e. The van der Waals surface area contributed by atoms with Crippen LogP contribution in [0.3, 0.4) is 0 Å². The Kier molecular flexibility index (Phi) is 4.84. The van der Waals surface area contributed by atoms with Crippen molar-refractivity contribution in [1.82, 2.24) is 4.90 Å². The van der Waals surface area contributed by atoms with Gasteiger partial charge >= 0.3 is 0 Å². The van der Waals surface area contributed by atoms with E-state index in [-0.39, 0.29) is 5.91 Å². The molecule has 4 heteroatoms. The summed E-state index contributed by atoms with van der Waals surface area (Å²) in [6.45, 7) is 0. The summed E-state index contributed by atoms with van der Waals surface area (Å²) in [6.07, 6.45) is 4.70. The van der Waals surface area contributed by atoms with Gasteiger partial charge in [0.15, 0.2) is 0 Å². The highest BCUT2D eigenvalue weighted by molar-refractivity contribution is 9.10. The molecule has 18 heavy (non-hydrogen) atoms. The fourth-order valence-electron chi connectivity index (χ4n) is 2.48. The molecule has 2 nitrogen and oxygen atoms in total. The third kappa shape index (κ3) is 2.97. The van der Waals surface area contributed by atoms with E-state index < -0.39 is 0 Å². The van der Waals surface area contributed by atoms with Crippen LogP contribution in [0.15, 0.2) is 28.7 Å². The molecule has 0 radical (unpaired) electrons. The molecular formula is C14H17Br2NO. The highest BCUT2D eigenvalue weighted by atomic mass is 79.9. The molecule has 2 atom stereocenters. The molecule has 2 rings (SSSR count). The van der Waals surface area contributed by atoms with Crippen LogP contribution in [-0.2, 0) is 0 Å². The highest BCUT2D eigenvalue weighted by Gasteiger charge is 2.29. The standard InChI is InChI=1S/C14H17Br2NO/c1-17(13-9-5-4-8-12(13)16)14(18)10-6-2-3-7-11(10)15/h2-3,6-7,12-13H,4-5,8-9H2,1H3. The Morgan fingerprint density at radius 3 is 2.61 bits per heavy atom. The molecule has 0 spiro atoms. The number of rotatable bonds is 2. The highest BCUT2D eigenvalue weighted by Crippen LogP contribution is 2.29. The van der Waals surface area contributed by atoms with Crippen molar-refractivity contribution in [1.29, 1.82) is 0 Å². The summed E-state index contributed by atoms with van der Waals surface area (Å²) in [4.78, 5) is 14.8. The summed E-state index contributed by atoms with van der Waals surface area (Å²) in [7, 11) is 1.91. The lowest BCUT2D eigenvalue weighted by molar-refractivity contribution is 0.0704. The fourth-order valence-corrected chi connectivity index (χ4v) is 3.87. The van der Waals surface area contributed by atoms with Crippen molar-refractivity contribution < 1.29 is 4.79 Å². The van der Waals surface area contributed by atoms with Gasteiger partial charge in [0.25, 0.3) is 5.91 Å². The predicted molar refractivity (Wildman–Crippen MR) is 81.2 cm³/mol. The van der Waals surface area contributed by atoms with E-state index in [9.17, 15) is 4.79 Å². The summed E-state index contributed by atoms with van der Waals surface area (Å²) in [5, 5.41) is 0. The lowest BCUT2D eigenvalue weighted by Gasteiger charge is -2.35. The Labute approximate surface area is 125 Å². The second-order valence-corrected chi connectivity index (χ2v) is 6.79. The maximum absolute atomic E-state index is 12.5. The first kappa shape index (κ1) is 14.1. The first-order valence-corrected chi connectivity index (χ1v) is 7.98. The van der Waals surface area contributed by atoms with Crippen LogP contribution in [0.5, 0.6) is 0 Å². The third-order valence-corrected chi connectivity index (χ3v) is 5.33. The van der Waals surface area contributed by atoms with E-state index in [1.165, 1.54) is 12.8 Å². The van der Waals surface area contributed by atoms with Gasteiger partial charge in [-0.25, -0.2) is 0 Å². The summed E-state index contributed by atoms with van der Waals surface area (Å²) < 4.78 is 0.865. The molecule has 2 unspecified atom stereocenters. The quantitative estimate of drug-likeness (QED) is 0.709. The first-order chi connectivity index (χ1) is 8.61. The summed E-state index contributed by atoms with van der Waals surface area (Å²) >= 11 is 7.15. The lowest BCUT2D eigenvalue weighted by atomic mass is 9.94. The molecule has 1 amide bonds. The zero-order valence-corrected chi connectivity index (χ0v) is 13.6. The van der Waals surface area contributed by atoms with Gasteiger partial charge in [-0.05, 0) is 40.9 Å². The number of alkyl halides is 1. The smallest absolute Gasteiger partial charge is 0.255 e. The van der Waals surface area contributed by atoms with E-state index in [0.717, 1.165) is 22.9 Å². The van der Waals surface area contributed by atoms with Gasteiger partial charge in [0.05, 0.1) is 5.56 Å². The zero-order chi connectivity index (χ0) is 13.1. The number of benzene rings is 1. The van der Waals surface area contributed by atoms with Gasteiger partial charge in [-0.15, -0.1) is 0 Å². The molecule has 0 N–H and O–H groups in total. The monoisotopic (exact) mass is 373 g/mol. The summed E-state index contributed by atoms with van der Waals surface area (Å²) in [5.41, 5.74) is 0.741. The van der Waals surface area contributed by atoms with Crippen LogP contribution in [0.25, 0.3) is 0 Å². The van der Waals surface area contributed by atoms with Crippen LogP contribution in [0, 0.1) is 0 Å². The number of amides is 1. The Morgan fingerprint density at radius 1 is 1.28 bits per heavy atom. The van der Waals surface area contributed by atoms with E-state index in [0.29, 0.717) is 10.9 Å². The third-order valence-electron chi connectivity index (χ3n) is 3.57. The van der Waals surface area contributed by atoms with Gasteiger partial charge in [0.1, 0.15) is 0 Å². The maximum Gasteiger partial charge on any atom is 0.255 e. The van der Waals surface area contributed by atoms with Gasteiger partial charge < -0.3 is 4.90 Å². The lowest BCUT2D eigenvalue weighted by Crippen LogP contribution is -2.44. The molecule has 0 bridgehead atoms. The van der Waals surface area contributed by atoms with Crippen molar-refractivity contribution in [3.8, 4) is 0 Å². The van der Waals surface area contributed by atoms with Crippen LogP contribution in [-0.4, -0.2) is 28.7 Å². The van der Waals surface area contributed by atoms with Crippen LogP contribution >= 0.6 is 31.9 Å². The van der Waals surface area contributed by atoms with Crippen LogP contribution in [0.1, 0.15) is 36.0 Å². The first-order valence-electron chi connectivity index (χ1n) is 6.27. The second-order valence-electron chi connectivity index (χ2n) is 4.76. The van der Waals surface area contributed by atoms with Crippen molar-refractivity contribution >= 4 is 37.8 Å².